The van der Waals surface area contributed by atoms with E-state index in [1.165, 1.54) is 7.05 Å². The van der Waals surface area contributed by atoms with Crippen molar-refractivity contribution in [2.75, 3.05) is 0 Å². The largest absolute Gasteiger partial charge is 0.477 e. The number of alkyl halides is 2. The van der Waals surface area contributed by atoms with Crippen LogP contribution in [-0.2, 0) is 7.05 Å². The van der Waals surface area contributed by atoms with E-state index in [-0.39, 0.29) is 11.3 Å². The first kappa shape index (κ1) is 10.4. The van der Waals surface area contributed by atoms with Crippen molar-refractivity contribution < 1.29 is 23.5 Å². The summed E-state index contributed by atoms with van der Waals surface area (Å²) in [6.45, 7) is 0. The van der Waals surface area contributed by atoms with Gasteiger partial charge < -0.3 is 9.67 Å². The molecule has 1 aromatic rings. The van der Waals surface area contributed by atoms with E-state index in [4.69, 9.17) is 5.11 Å². The summed E-state index contributed by atoms with van der Waals surface area (Å²) in [6, 6.07) is 0.927. The molecule has 1 rings (SSSR count). The number of carbonyl (C=O) groups is 2. The number of aryl methyl sites for hydroxylation is 1. The van der Waals surface area contributed by atoms with Crippen molar-refractivity contribution in [3.63, 3.8) is 0 Å². The Labute approximate surface area is 77.8 Å². The molecule has 0 aromatic carbocycles. The van der Waals surface area contributed by atoms with Crippen molar-refractivity contribution in [2.24, 2.45) is 7.05 Å². The van der Waals surface area contributed by atoms with Crippen molar-refractivity contribution in [3.8, 4) is 0 Å². The van der Waals surface area contributed by atoms with E-state index in [1.54, 1.807) is 0 Å². The van der Waals surface area contributed by atoms with Gasteiger partial charge in [0.25, 0.3) is 0 Å². The Bertz CT molecular complexity index is 384. The Balaban J connectivity index is 3.09. The highest BCUT2D eigenvalue weighted by atomic mass is 19.3. The van der Waals surface area contributed by atoms with Crippen molar-refractivity contribution in [1.29, 1.82) is 0 Å². The van der Waals surface area contributed by atoms with E-state index in [0.29, 0.717) is 0 Å². The zero-order valence-electron chi connectivity index (χ0n) is 7.20. The molecule has 1 aromatic heterocycles. The lowest BCUT2D eigenvalue weighted by molar-refractivity contribution is 0.0678. The van der Waals surface area contributed by atoms with Gasteiger partial charge >= 0.3 is 12.4 Å². The summed E-state index contributed by atoms with van der Waals surface area (Å²) in [5, 5.41) is 8.58. The molecule has 0 unspecified atom stereocenters. The van der Waals surface area contributed by atoms with Gasteiger partial charge in [-0.25, -0.2) is 13.6 Å². The van der Waals surface area contributed by atoms with Crippen LogP contribution in [0.4, 0.5) is 8.78 Å². The van der Waals surface area contributed by atoms with E-state index in [9.17, 15) is 18.4 Å². The van der Waals surface area contributed by atoms with Crippen LogP contribution in [0, 0.1) is 0 Å². The molecular weight excluding hydrogens is 196 g/mol. The minimum atomic E-state index is -3.11. The standard InChI is InChI=1S/C8H7F2NO3/c1-11-3-4(6(12)7(9)10)2-5(11)8(13)14/h2-3,7H,1H3,(H,13,14). The first-order valence-corrected chi connectivity index (χ1v) is 3.65. The van der Waals surface area contributed by atoms with Gasteiger partial charge in [0.05, 0.1) is 0 Å². The second-order valence-electron chi connectivity index (χ2n) is 2.70. The first-order valence-electron chi connectivity index (χ1n) is 3.65. The highest BCUT2D eigenvalue weighted by Crippen LogP contribution is 2.11. The minimum absolute atomic E-state index is 0.200. The van der Waals surface area contributed by atoms with E-state index in [1.807, 2.05) is 0 Å². The Kier molecular flexibility index (Phi) is 2.64. The van der Waals surface area contributed by atoms with Gasteiger partial charge in [-0.1, -0.05) is 0 Å². The highest BCUT2D eigenvalue weighted by Gasteiger charge is 2.21. The molecule has 0 amide bonds. The van der Waals surface area contributed by atoms with Crippen LogP contribution >= 0.6 is 0 Å². The van der Waals surface area contributed by atoms with Crippen LogP contribution in [0.3, 0.4) is 0 Å². The van der Waals surface area contributed by atoms with Crippen molar-refractivity contribution in [1.82, 2.24) is 4.57 Å². The summed E-state index contributed by atoms with van der Waals surface area (Å²) in [6.07, 6.45) is -2.04. The van der Waals surface area contributed by atoms with Gasteiger partial charge in [-0.3, -0.25) is 4.79 Å². The van der Waals surface area contributed by atoms with Crippen LogP contribution in [0.25, 0.3) is 0 Å². The van der Waals surface area contributed by atoms with Crippen LogP contribution in [-0.4, -0.2) is 27.9 Å². The summed E-state index contributed by atoms with van der Waals surface area (Å²) in [5.41, 5.74) is -0.492. The van der Waals surface area contributed by atoms with Gasteiger partial charge in [0.2, 0.25) is 5.78 Å². The number of hydrogen-bond acceptors (Lipinski definition) is 2. The van der Waals surface area contributed by atoms with E-state index in [0.717, 1.165) is 16.8 Å². The molecule has 0 aliphatic heterocycles. The molecule has 0 bridgehead atoms. The molecule has 0 aliphatic carbocycles. The number of carboxylic acid groups (broad SMARTS) is 1. The molecule has 0 aliphatic rings. The predicted molar refractivity (Wildman–Crippen MR) is 42.7 cm³/mol. The van der Waals surface area contributed by atoms with Crippen LogP contribution in [0.2, 0.25) is 0 Å². The molecule has 76 valence electrons. The van der Waals surface area contributed by atoms with E-state index in [2.05, 4.69) is 0 Å². The minimum Gasteiger partial charge on any atom is -0.477 e. The zero-order chi connectivity index (χ0) is 10.9. The molecule has 0 radical (unpaired) electrons. The number of carbonyl (C=O) groups excluding carboxylic acids is 1. The second-order valence-corrected chi connectivity index (χ2v) is 2.70. The van der Waals surface area contributed by atoms with Crippen LogP contribution in [0.15, 0.2) is 12.3 Å². The first-order chi connectivity index (χ1) is 6.43. The molecule has 6 heteroatoms. The predicted octanol–water partition coefficient (Wildman–Crippen LogP) is 1.17. The number of nitrogens with zero attached hydrogens (tertiary/aromatic N) is 1. The third kappa shape index (κ3) is 1.78. The van der Waals surface area contributed by atoms with Gasteiger partial charge in [0.15, 0.2) is 0 Å². The number of hydrogen-bond donors (Lipinski definition) is 1. The average Bonchev–Trinajstić information content (AvgIpc) is 2.45. The number of halogens is 2. The third-order valence-corrected chi connectivity index (χ3v) is 1.71. The van der Waals surface area contributed by atoms with Gasteiger partial charge in [0.1, 0.15) is 5.69 Å². The van der Waals surface area contributed by atoms with Crippen molar-refractivity contribution >= 4 is 11.8 Å². The monoisotopic (exact) mass is 203 g/mol. The topological polar surface area (TPSA) is 59.3 Å². The number of aromatic carboxylic acids is 1. The molecule has 1 N–H and O–H groups in total. The molecule has 14 heavy (non-hydrogen) atoms. The number of ketones is 1. The molecule has 4 nitrogen and oxygen atoms in total. The number of rotatable bonds is 3. The molecule has 0 saturated carbocycles. The van der Waals surface area contributed by atoms with Crippen molar-refractivity contribution in [3.05, 3.63) is 23.5 Å². The number of carboxylic acids is 1. The molecule has 0 fully saturated rings. The normalized spacial score (nSPS) is 10.6. The van der Waals surface area contributed by atoms with E-state index >= 15 is 0 Å². The molecule has 0 spiro atoms. The van der Waals surface area contributed by atoms with Gasteiger partial charge in [-0.05, 0) is 6.07 Å². The summed E-state index contributed by atoms with van der Waals surface area (Å²) in [5.74, 6) is -2.63. The summed E-state index contributed by atoms with van der Waals surface area (Å²) in [4.78, 5) is 21.3. The smallest absolute Gasteiger partial charge is 0.352 e. The Morgan fingerprint density at radius 1 is 1.50 bits per heavy atom. The maximum Gasteiger partial charge on any atom is 0.352 e. The lowest BCUT2D eigenvalue weighted by atomic mass is 10.2. The maximum absolute atomic E-state index is 11.9. The Morgan fingerprint density at radius 2 is 2.07 bits per heavy atom. The number of aromatic nitrogens is 1. The maximum atomic E-state index is 11.9. The highest BCUT2D eigenvalue weighted by molar-refractivity contribution is 6.00. The molecule has 0 saturated heterocycles. The van der Waals surface area contributed by atoms with Crippen LogP contribution in [0.1, 0.15) is 20.8 Å². The summed E-state index contributed by atoms with van der Waals surface area (Å²) >= 11 is 0. The molecule has 0 atom stereocenters. The van der Waals surface area contributed by atoms with Crippen molar-refractivity contribution in [2.45, 2.75) is 6.43 Å². The zero-order valence-corrected chi connectivity index (χ0v) is 7.20. The summed E-state index contributed by atoms with van der Waals surface area (Å²) < 4.78 is 25.0. The SMILES string of the molecule is Cn1cc(C(=O)C(F)F)cc1C(=O)O. The fourth-order valence-corrected chi connectivity index (χ4v) is 1.04. The lowest BCUT2D eigenvalue weighted by Gasteiger charge is -1.93. The average molecular weight is 203 g/mol. The van der Waals surface area contributed by atoms with Gasteiger partial charge in [-0.2, -0.15) is 0 Å². The molecule has 1 heterocycles. The van der Waals surface area contributed by atoms with E-state index < -0.39 is 18.2 Å². The second kappa shape index (κ2) is 3.57. The van der Waals surface area contributed by atoms with Gasteiger partial charge in [0, 0.05) is 18.8 Å². The van der Waals surface area contributed by atoms with Gasteiger partial charge in [-0.15, -0.1) is 0 Å². The lowest BCUT2D eigenvalue weighted by Crippen LogP contribution is -2.08. The quantitative estimate of drug-likeness (QED) is 0.750. The Hall–Kier alpha value is -1.72. The summed E-state index contributed by atoms with van der Waals surface area (Å²) in [7, 11) is 1.37. The number of Topliss-reactive ketones (excluding diaryl/α,β-unsaturated/α-hetero) is 1. The fraction of sp³-hybridized carbons (Fsp3) is 0.250. The fourth-order valence-electron chi connectivity index (χ4n) is 1.04. The van der Waals surface area contributed by atoms with Crippen LogP contribution < -0.4 is 0 Å². The Morgan fingerprint density at radius 3 is 2.43 bits per heavy atom. The third-order valence-electron chi connectivity index (χ3n) is 1.71. The van der Waals surface area contributed by atoms with Crippen LogP contribution in [0.5, 0.6) is 0 Å². The molecular formula is C8H7F2NO3.